The Morgan fingerprint density at radius 2 is 2.22 bits per heavy atom. The summed E-state index contributed by atoms with van der Waals surface area (Å²) < 4.78 is 10.0. The molecule has 1 heterocycles. The van der Waals surface area contributed by atoms with Crippen LogP contribution in [0.15, 0.2) is 18.2 Å². The maximum Gasteiger partial charge on any atom is 0.340 e. The van der Waals surface area contributed by atoms with E-state index in [9.17, 15) is 4.79 Å². The van der Waals surface area contributed by atoms with Gasteiger partial charge in [0, 0.05) is 20.2 Å². The van der Waals surface area contributed by atoms with Crippen LogP contribution < -0.4 is 10.6 Å². The Balaban J connectivity index is 2.27. The van der Waals surface area contributed by atoms with Gasteiger partial charge in [0.25, 0.3) is 0 Å². The van der Waals surface area contributed by atoms with E-state index in [1.165, 1.54) is 7.11 Å². The Hall–Kier alpha value is -1.75. The SMILES string of the molecule is COC(=O)c1cccc(N2CCC(OC)C2)c1N. The fourth-order valence-corrected chi connectivity index (χ4v) is 2.26. The van der Waals surface area contributed by atoms with Crippen LogP contribution in [-0.2, 0) is 9.47 Å². The molecule has 0 spiro atoms. The van der Waals surface area contributed by atoms with Gasteiger partial charge in [-0.25, -0.2) is 4.79 Å². The van der Waals surface area contributed by atoms with E-state index >= 15 is 0 Å². The number of hydrogen-bond acceptors (Lipinski definition) is 5. The average Bonchev–Trinajstić information content (AvgIpc) is 2.86. The van der Waals surface area contributed by atoms with E-state index in [1.54, 1.807) is 13.2 Å². The number of carbonyl (C=O) groups is 1. The highest BCUT2D eigenvalue weighted by atomic mass is 16.5. The van der Waals surface area contributed by atoms with Crippen LogP contribution in [0.4, 0.5) is 11.4 Å². The molecule has 1 unspecified atom stereocenters. The number of nitrogens with two attached hydrogens (primary N) is 1. The highest BCUT2D eigenvalue weighted by molar-refractivity contribution is 5.98. The van der Waals surface area contributed by atoms with Gasteiger partial charge >= 0.3 is 5.97 Å². The summed E-state index contributed by atoms with van der Waals surface area (Å²) in [6.45, 7) is 1.68. The van der Waals surface area contributed by atoms with Crippen LogP contribution in [-0.4, -0.2) is 39.4 Å². The molecular weight excluding hydrogens is 232 g/mol. The largest absolute Gasteiger partial charge is 0.465 e. The van der Waals surface area contributed by atoms with Gasteiger partial charge in [0.05, 0.1) is 30.2 Å². The Morgan fingerprint density at radius 1 is 1.44 bits per heavy atom. The van der Waals surface area contributed by atoms with E-state index in [4.69, 9.17) is 15.2 Å². The average molecular weight is 250 g/mol. The van der Waals surface area contributed by atoms with Crippen LogP contribution >= 0.6 is 0 Å². The third kappa shape index (κ3) is 2.26. The molecule has 1 fully saturated rings. The molecule has 1 aliphatic rings. The predicted octanol–water partition coefficient (Wildman–Crippen LogP) is 1.28. The Bertz CT molecular complexity index is 448. The van der Waals surface area contributed by atoms with E-state index in [-0.39, 0.29) is 6.10 Å². The summed E-state index contributed by atoms with van der Waals surface area (Å²) in [6.07, 6.45) is 1.20. The molecule has 0 saturated carbocycles. The summed E-state index contributed by atoms with van der Waals surface area (Å²) in [5.74, 6) is -0.406. The van der Waals surface area contributed by atoms with Gasteiger partial charge in [-0.2, -0.15) is 0 Å². The van der Waals surface area contributed by atoms with Crippen molar-refractivity contribution in [3.63, 3.8) is 0 Å². The van der Waals surface area contributed by atoms with Crippen LogP contribution in [0, 0.1) is 0 Å². The number of ether oxygens (including phenoxy) is 2. The van der Waals surface area contributed by atoms with E-state index in [0.717, 1.165) is 25.2 Å². The maximum absolute atomic E-state index is 11.6. The number of hydrogen-bond donors (Lipinski definition) is 1. The van der Waals surface area contributed by atoms with Gasteiger partial charge in [0.2, 0.25) is 0 Å². The fraction of sp³-hybridized carbons (Fsp3) is 0.462. The third-order valence-corrected chi connectivity index (χ3v) is 3.31. The standard InChI is InChI=1S/C13H18N2O3/c1-17-9-6-7-15(8-9)11-5-3-4-10(12(11)14)13(16)18-2/h3-5,9H,6-8,14H2,1-2H3. The first-order chi connectivity index (χ1) is 8.67. The second-order valence-corrected chi connectivity index (χ2v) is 4.32. The van der Waals surface area contributed by atoms with Crippen LogP contribution in [0.25, 0.3) is 0 Å². The smallest absolute Gasteiger partial charge is 0.340 e. The summed E-state index contributed by atoms with van der Waals surface area (Å²) >= 11 is 0. The molecule has 1 aliphatic heterocycles. The molecular formula is C13H18N2O3. The van der Waals surface area contributed by atoms with Crippen molar-refractivity contribution < 1.29 is 14.3 Å². The quantitative estimate of drug-likeness (QED) is 0.646. The first-order valence-electron chi connectivity index (χ1n) is 5.92. The molecule has 2 rings (SSSR count). The van der Waals surface area contributed by atoms with Gasteiger partial charge in [-0.3, -0.25) is 0 Å². The van der Waals surface area contributed by atoms with Crippen LogP contribution in [0.2, 0.25) is 0 Å². The maximum atomic E-state index is 11.6. The van der Waals surface area contributed by atoms with Crippen molar-refractivity contribution in [2.24, 2.45) is 0 Å². The van der Waals surface area contributed by atoms with Crippen LogP contribution in [0.1, 0.15) is 16.8 Å². The molecule has 1 aromatic carbocycles. The minimum absolute atomic E-state index is 0.228. The molecule has 0 aromatic heterocycles. The zero-order chi connectivity index (χ0) is 13.1. The highest BCUT2D eigenvalue weighted by Gasteiger charge is 2.25. The summed E-state index contributed by atoms with van der Waals surface area (Å²) in [5.41, 5.74) is 7.80. The summed E-state index contributed by atoms with van der Waals surface area (Å²) in [6, 6.07) is 5.41. The highest BCUT2D eigenvalue weighted by Crippen LogP contribution is 2.30. The number of nitrogens with zero attached hydrogens (tertiary/aromatic N) is 1. The van der Waals surface area contributed by atoms with Gasteiger partial charge in [-0.05, 0) is 18.6 Å². The van der Waals surface area contributed by atoms with Crippen molar-refractivity contribution in [3.05, 3.63) is 23.8 Å². The van der Waals surface area contributed by atoms with Crippen molar-refractivity contribution in [1.82, 2.24) is 0 Å². The van der Waals surface area contributed by atoms with Gasteiger partial charge in [0.15, 0.2) is 0 Å². The minimum Gasteiger partial charge on any atom is -0.465 e. The number of methoxy groups -OCH3 is 2. The van der Waals surface area contributed by atoms with Crippen molar-refractivity contribution >= 4 is 17.3 Å². The van der Waals surface area contributed by atoms with E-state index in [1.807, 2.05) is 12.1 Å². The molecule has 1 saturated heterocycles. The molecule has 0 bridgehead atoms. The Kier molecular flexibility index (Phi) is 3.72. The van der Waals surface area contributed by atoms with Gasteiger partial charge in [0.1, 0.15) is 0 Å². The lowest BCUT2D eigenvalue weighted by atomic mass is 10.1. The number of carbonyl (C=O) groups excluding carboxylic acids is 1. The normalized spacial score (nSPS) is 19.0. The second kappa shape index (κ2) is 5.27. The first-order valence-corrected chi connectivity index (χ1v) is 5.92. The number of anilines is 2. The predicted molar refractivity (Wildman–Crippen MR) is 69.8 cm³/mol. The number of nitrogen functional groups attached to an aromatic ring is 1. The molecule has 1 atom stereocenters. The van der Waals surface area contributed by atoms with Crippen molar-refractivity contribution in [3.8, 4) is 0 Å². The number of benzene rings is 1. The molecule has 1 aromatic rings. The number of rotatable bonds is 3. The van der Waals surface area contributed by atoms with Crippen molar-refractivity contribution in [1.29, 1.82) is 0 Å². The number of para-hydroxylation sites is 1. The molecule has 18 heavy (non-hydrogen) atoms. The lowest BCUT2D eigenvalue weighted by Gasteiger charge is -2.21. The molecule has 98 valence electrons. The molecule has 0 aliphatic carbocycles. The molecule has 2 N–H and O–H groups in total. The third-order valence-electron chi connectivity index (χ3n) is 3.31. The van der Waals surface area contributed by atoms with Crippen molar-refractivity contribution in [2.75, 3.05) is 37.9 Å². The lowest BCUT2D eigenvalue weighted by Crippen LogP contribution is -2.23. The summed E-state index contributed by atoms with van der Waals surface area (Å²) in [7, 11) is 3.06. The fourth-order valence-electron chi connectivity index (χ4n) is 2.26. The molecule has 5 nitrogen and oxygen atoms in total. The van der Waals surface area contributed by atoms with E-state index < -0.39 is 5.97 Å². The Labute approximate surface area is 106 Å². The zero-order valence-corrected chi connectivity index (χ0v) is 10.7. The lowest BCUT2D eigenvalue weighted by molar-refractivity contribution is 0.0602. The molecule has 0 amide bonds. The first kappa shape index (κ1) is 12.7. The van der Waals surface area contributed by atoms with Gasteiger partial charge in [-0.1, -0.05) is 6.07 Å². The van der Waals surface area contributed by atoms with Crippen LogP contribution in [0.3, 0.4) is 0 Å². The van der Waals surface area contributed by atoms with Gasteiger partial charge in [-0.15, -0.1) is 0 Å². The molecule has 5 heteroatoms. The minimum atomic E-state index is -0.406. The van der Waals surface area contributed by atoms with E-state index in [2.05, 4.69) is 4.90 Å². The zero-order valence-electron chi connectivity index (χ0n) is 10.7. The second-order valence-electron chi connectivity index (χ2n) is 4.32. The van der Waals surface area contributed by atoms with Gasteiger partial charge < -0.3 is 20.1 Å². The number of esters is 1. The Morgan fingerprint density at radius 3 is 2.83 bits per heavy atom. The summed E-state index contributed by atoms with van der Waals surface area (Å²) in [4.78, 5) is 13.7. The summed E-state index contributed by atoms with van der Waals surface area (Å²) in [5, 5.41) is 0. The topological polar surface area (TPSA) is 64.8 Å². The van der Waals surface area contributed by atoms with E-state index in [0.29, 0.717) is 11.3 Å². The monoisotopic (exact) mass is 250 g/mol. The van der Waals surface area contributed by atoms with Crippen molar-refractivity contribution in [2.45, 2.75) is 12.5 Å². The van der Waals surface area contributed by atoms with Crippen LogP contribution in [0.5, 0.6) is 0 Å². The molecule has 0 radical (unpaired) electrons.